The van der Waals surface area contributed by atoms with Crippen LogP contribution in [0.1, 0.15) is 5.56 Å². The van der Waals surface area contributed by atoms with Gasteiger partial charge in [0.05, 0.1) is 0 Å². The van der Waals surface area contributed by atoms with Gasteiger partial charge >= 0.3 is 0 Å². The molecule has 0 bridgehead atoms. The third kappa shape index (κ3) is 3.26. The lowest BCUT2D eigenvalue weighted by molar-refractivity contribution is 0.457. The fourth-order valence-corrected chi connectivity index (χ4v) is 2.83. The van der Waals surface area contributed by atoms with E-state index in [1.54, 1.807) is 6.20 Å². The van der Waals surface area contributed by atoms with Gasteiger partial charge in [-0.1, -0.05) is 28.1 Å². The van der Waals surface area contributed by atoms with Crippen molar-refractivity contribution < 1.29 is 4.74 Å². The number of ether oxygens (including phenoxy) is 1. The summed E-state index contributed by atoms with van der Waals surface area (Å²) in [5.41, 5.74) is 6.60. The predicted octanol–water partition coefficient (Wildman–Crippen LogP) is 5.01. The third-order valence-corrected chi connectivity index (χ3v) is 4.03. The minimum Gasteiger partial charge on any atom is -0.439 e. The van der Waals surface area contributed by atoms with Crippen molar-refractivity contribution in [2.75, 3.05) is 0 Å². The summed E-state index contributed by atoms with van der Waals surface area (Å²) in [7, 11) is 0. The second-order valence-corrected chi connectivity index (χ2v) is 6.41. The van der Waals surface area contributed by atoms with Gasteiger partial charge in [0, 0.05) is 27.3 Å². The Bertz CT molecular complexity index is 805. The maximum Gasteiger partial charge on any atom is 0.223 e. The number of rotatable bonds is 3. The van der Waals surface area contributed by atoms with Crippen LogP contribution in [-0.4, -0.2) is 4.98 Å². The summed E-state index contributed by atoms with van der Waals surface area (Å²) < 4.78 is 7.82. The number of aromatic nitrogens is 1. The molecule has 0 aliphatic carbocycles. The molecule has 106 valence electrons. The maximum atomic E-state index is 5.87. The third-order valence-electron chi connectivity index (χ3n) is 3.10. The van der Waals surface area contributed by atoms with Crippen LogP contribution in [0.5, 0.6) is 11.6 Å². The average molecular weight is 408 g/mol. The molecule has 1 aromatic heterocycles. The van der Waals surface area contributed by atoms with Crippen LogP contribution in [0.2, 0.25) is 0 Å². The molecule has 3 nitrogen and oxygen atoms in total. The van der Waals surface area contributed by atoms with E-state index in [1.165, 1.54) is 0 Å². The fourth-order valence-electron chi connectivity index (χ4n) is 2.08. The molecule has 0 atom stereocenters. The van der Waals surface area contributed by atoms with Crippen molar-refractivity contribution in [3.63, 3.8) is 0 Å². The van der Waals surface area contributed by atoms with Gasteiger partial charge in [-0.2, -0.15) is 0 Å². The SMILES string of the molecule is NCc1cc(Br)cnc1Oc1ccc2cc(Br)ccc2c1. The molecular weight excluding hydrogens is 396 g/mol. The van der Waals surface area contributed by atoms with Gasteiger partial charge in [-0.15, -0.1) is 0 Å². The van der Waals surface area contributed by atoms with Crippen molar-refractivity contribution in [2.45, 2.75) is 6.54 Å². The molecule has 0 unspecified atom stereocenters. The number of hydrogen-bond donors (Lipinski definition) is 1. The van der Waals surface area contributed by atoms with E-state index < -0.39 is 0 Å². The van der Waals surface area contributed by atoms with Crippen LogP contribution in [0.15, 0.2) is 57.6 Å². The molecule has 2 aromatic carbocycles. The van der Waals surface area contributed by atoms with Gasteiger partial charge in [0.25, 0.3) is 0 Å². The largest absolute Gasteiger partial charge is 0.439 e. The second-order valence-electron chi connectivity index (χ2n) is 4.58. The van der Waals surface area contributed by atoms with Gasteiger partial charge < -0.3 is 10.5 Å². The normalized spacial score (nSPS) is 10.8. The van der Waals surface area contributed by atoms with E-state index in [2.05, 4.69) is 42.9 Å². The van der Waals surface area contributed by atoms with Gasteiger partial charge in [0.2, 0.25) is 5.88 Å². The first-order valence-corrected chi connectivity index (χ1v) is 7.96. The Labute approximate surface area is 139 Å². The van der Waals surface area contributed by atoms with E-state index in [1.807, 2.05) is 36.4 Å². The van der Waals surface area contributed by atoms with Crippen molar-refractivity contribution in [2.24, 2.45) is 5.73 Å². The molecule has 21 heavy (non-hydrogen) atoms. The number of halogens is 2. The quantitative estimate of drug-likeness (QED) is 0.663. The highest BCUT2D eigenvalue weighted by atomic mass is 79.9. The molecule has 3 rings (SSSR count). The van der Waals surface area contributed by atoms with Crippen LogP contribution in [-0.2, 0) is 6.54 Å². The minimum absolute atomic E-state index is 0.377. The van der Waals surface area contributed by atoms with Gasteiger partial charge in [-0.25, -0.2) is 4.98 Å². The van der Waals surface area contributed by atoms with Crippen LogP contribution in [0.25, 0.3) is 10.8 Å². The molecule has 2 N–H and O–H groups in total. The van der Waals surface area contributed by atoms with Crippen LogP contribution < -0.4 is 10.5 Å². The van der Waals surface area contributed by atoms with E-state index >= 15 is 0 Å². The molecule has 1 heterocycles. The number of pyridine rings is 1. The first-order chi connectivity index (χ1) is 10.2. The van der Waals surface area contributed by atoms with Crippen LogP contribution in [0.3, 0.4) is 0 Å². The van der Waals surface area contributed by atoms with E-state index in [4.69, 9.17) is 10.5 Å². The molecule has 0 radical (unpaired) electrons. The molecule has 0 saturated heterocycles. The summed E-state index contributed by atoms with van der Waals surface area (Å²) in [5, 5.41) is 2.27. The Morgan fingerprint density at radius 2 is 1.71 bits per heavy atom. The summed E-state index contributed by atoms with van der Waals surface area (Å²) in [5.74, 6) is 1.28. The molecule has 0 aliphatic heterocycles. The maximum absolute atomic E-state index is 5.87. The van der Waals surface area contributed by atoms with E-state index in [0.717, 1.165) is 31.0 Å². The zero-order valence-electron chi connectivity index (χ0n) is 11.0. The standard InChI is InChI=1S/C16H12Br2N2O/c17-13-3-1-11-7-15(4-2-10(11)5-13)21-16-12(8-19)6-14(18)9-20-16/h1-7,9H,8,19H2. The smallest absolute Gasteiger partial charge is 0.223 e. The van der Waals surface area contributed by atoms with E-state index in [9.17, 15) is 0 Å². The van der Waals surface area contributed by atoms with Crippen molar-refractivity contribution in [1.29, 1.82) is 0 Å². The number of hydrogen-bond acceptors (Lipinski definition) is 3. The van der Waals surface area contributed by atoms with E-state index in [0.29, 0.717) is 12.4 Å². The van der Waals surface area contributed by atoms with Gasteiger partial charge in [0.15, 0.2) is 0 Å². The lowest BCUT2D eigenvalue weighted by Crippen LogP contribution is -2.01. The molecule has 0 amide bonds. The molecule has 0 fully saturated rings. The highest BCUT2D eigenvalue weighted by Gasteiger charge is 2.07. The molecule has 0 aliphatic rings. The molecule has 5 heteroatoms. The Morgan fingerprint density at radius 3 is 2.52 bits per heavy atom. The zero-order valence-corrected chi connectivity index (χ0v) is 14.2. The number of benzene rings is 2. The number of nitrogens with two attached hydrogens (primary N) is 1. The summed E-state index contributed by atoms with van der Waals surface area (Å²) in [6.45, 7) is 0.377. The Morgan fingerprint density at radius 1 is 0.952 bits per heavy atom. The first kappa shape index (κ1) is 14.5. The molecular formula is C16H12Br2N2O. The summed E-state index contributed by atoms with van der Waals surface area (Å²) in [6.07, 6.45) is 1.70. The number of fused-ring (bicyclic) bond motifs is 1. The molecule has 3 aromatic rings. The predicted molar refractivity (Wildman–Crippen MR) is 91.6 cm³/mol. The monoisotopic (exact) mass is 406 g/mol. The second kappa shape index (κ2) is 6.13. The van der Waals surface area contributed by atoms with Crippen molar-refractivity contribution >= 4 is 42.6 Å². The van der Waals surface area contributed by atoms with E-state index in [-0.39, 0.29) is 0 Å². The van der Waals surface area contributed by atoms with Crippen LogP contribution in [0, 0.1) is 0 Å². The highest BCUT2D eigenvalue weighted by molar-refractivity contribution is 9.10. The summed E-state index contributed by atoms with van der Waals surface area (Å²) in [4.78, 5) is 4.28. The average Bonchev–Trinajstić information content (AvgIpc) is 2.49. The highest BCUT2D eigenvalue weighted by Crippen LogP contribution is 2.29. The van der Waals surface area contributed by atoms with Crippen molar-refractivity contribution in [3.8, 4) is 11.6 Å². The lowest BCUT2D eigenvalue weighted by Gasteiger charge is -2.10. The molecule has 0 saturated carbocycles. The van der Waals surface area contributed by atoms with Crippen LogP contribution >= 0.6 is 31.9 Å². The van der Waals surface area contributed by atoms with Crippen molar-refractivity contribution in [1.82, 2.24) is 4.98 Å². The van der Waals surface area contributed by atoms with Gasteiger partial charge in [-0.05, 0) is 57.0 Å². The fraction of sp³-hybridized carbons (Fsp3) is 0.0625. The lowest BCUT2D eigenvalue weighted by atomic mass is 10.1. The topological polar surface area (TPSA) is 48.1 Å². The molecule has 0 spiro atoms. The Hall–Kier alpha value is -1.43. The summed E-state index contributed by atoms with van der Waals surface area (Å²) >= 11 is 6.85. The van der Waals surface area contributed by atoms with Crippen LogP contribution in [0.4, 0.5) is 0 Å². The zero-order chi connectivity index (χ0) is 14.8. The van der Waals surface area contributed by atoms with Gasteiger partial charge in [0.1, 0.15) is 5.75 Å². The Kier molecular flexibility index (Phi) is 4.24. The Balaban J connectivity index is 1.96. The van der Waals surface area contributed by atoms with Crippen molar-refractivity contribution in [3.05, 3.63) is 63.2 Å². The minimum atomic E-state index is 0.377. The van der Waals surface area contributed by atoms with Gasteiger partial charge in [-0.3, -0.25) is 0 Å². The first-order valence-electron chi connectivity index (χ1n) is 6.37. The number of nitrogens with zero attached hydrogens (tertiary/aromatic N) is 1. The summed E-state index contributed by atoms with van der Waals surface area (Å²) in [6, 6.07) is 14.0.